The number of aliphatic hydroxyl groups is 1. The van der Waals surface area contributed by atoms with Crippen molar-refractivity contribution in [3.8, 4) is 0 Å². The van der Waals surface area contributed by atoms with Crippen molar-refractivity contribution in [1.29, 1.82) is 0 Å². The summed E-state index contributed by atoms with van der Waals surface area (Å²) >= 11 is 0. The van der Waals surface area contributed by atoms with Crippen LogP contribution >= 0.6 is 0 Å². The summed E-state index contributed by atoms with van der Waals surface area (Å²) in [6.07, 6.45) is -21.1. The summed E-state index contributed by atoms with van der Waals surface area (Å²) in [4.78, 5) is 11.0. The van der Waals surface area contributed by atoms with E-state index in [1.807, 2.05) is 0 Å². The predicted octanol–water partition coefficient (Wildman–Crippen LogP) is 3.38. The molecule has 0 fully saturated rings. The van der Waals surface area contributed by atoms with Crippen LogP contribution in [0.3, 0.4) is 0 Å². The molecule has 0 aromatic rings. The van der Waals surface area contributed by atoms with Gasteiger partial charge in [-0.2, -0.15) is 30.7 Å². The molecular weight excluding hydrogens is 332 g/mol. The third-order valence-corrected chi connectivity index (χ3v) is 2.46. The molecule has 0 spiro atoms. The molecule has 0 rings (SSSR count). The molecular formula is C11H12F8O3. The molecule has 0 aliphatic rings. The second-order valence-corrected chi connectivity index (χ2v) is 4.43. The van der Waals surface area contributed by atoms with Crippen molar-refractivity contribution in [2.45, 2.75) is 50.2 Å². The number of ether oxygens (including phenoxy) is 1. The summed E-state index contributed by atoms with van der Waals surface area (Å²) in [6.45, 7) is 4.00. The van der Waals surface area contributed by atoms with E-state index >= 15 is 0 Å². The number of alkyl halides is 8. The van der Waals surface area contributed by atoms with E-state index in [0.717, 1.165) is 6.92 Å². The average Bonchev–Trinajstić information content (AvgIpc) is 2.30. The summed E-state index contributed by atoms with van der Waals surface area (Å²) in [5.74, 6) is -6.80. The smallest absolute Gasteiger partial charge is 0.449 e. The minimum Gasteiger partial charge on any atom is -0.449 e. The highest BCUT2D eigenvalue weighted by Crippen LogP contribution is 2.38. The van der Waals surface area contributed by atoms with E-state index in [0.29, 0.717) is 0 Å². The van der Waals surface area contributed by atoms with Crippen LogP contribution in [0.15, 0.2) is 12.2 Å². The first kappa shape index (κ1) is 20.6. The quantitative estimate of drug-likeness (QED) is 0.457. The molecule has 3 unspecified atom stereocenters. The van der Waals surface area contributed by atoms with E-state index in [1.54, 1.807) is 0 Å². The molecule has 22 heavy (non-hydrogen) atoms. The SMILES string of the molecule is C=C(C)C(=O)OC(CCC(F)C(O)(F)C(F)(F)F)C(F)(F)F. The van der Waals surface area contributed by atoms with Gasteiger partial charge in [0.15, 0.2) is 12.3 Å². The Bertz CT molecular complexity index is 413. The Morgan fingerprint density at radius 2 is 1.59 bits per heavy atom. The molecule has 0 bridgehead atoms. The fourth-order valence-electron chi connectivity index (χ4n) is 1.19. The average molecular weight is 344 g/mol. The van der Waals surface area contributed by atoms with Crippen LogP contribution < -0.4 is 0 Å². The standard InChI is InChI=1S/C11H12F8O3/c1-5(2)8(20)22-7(10(14,15)16)4-3-6(12)9(13,21)11(17,18)19/h6-7,21H,1,3-4H2,2H3. The van der Waals surface area contributed by atoms with Crippen LogP contribution in [-0.4, -0.2) is 41.6 Å². The number of hydrogen-bond acceptors (Lipinski definition) is 3. The molecule has 0 saturated heterocycles. The van der Waals surface area contributed by atoms with Crippen molar-refractivity contribution in [3.63, 3.8) is 0 Å². The first-order valence-corrected chi connectivity index (χ1v) is 5.66. The van der Waals surface area contributed by atoms with Crippen LogP contribution in [0, 0.1) is 0 Å². The Morgan fingerprint density at radius 1 is 1.14 bits per heavy atom. The van der Waals surface area contributed by atoms with Gasteiger partial charge in [0.2, 0.25) is 0 Å². The molecule has 11 heteroatoms. The summed E-state index contributed by atoms with van der Waals surface area (Å²) in [6, 6.07) is 0. The van der Waals surface area contributed by atoms with Gasteiger partial charge in [-0.05, 0) is 19.8 Å². The number of hydrogen-bond donors (Lipinski definition) is 1. The van der Waals surface area contributed by atoms with Crippen molar-refractivity contribution in [3.05, 3.63) is 12.2 Å². The highest BCUT2D eigenvalue weighted by Gasteiger charge is 2.61. The third-order valence-electron chi connectivity index (χ3n) is 2.46. The zero-order chi connectivity index (χ0) is 17.9. The van der Waals surface area contributed by atoms with Gasteiger partial charge >= 0.3 is 24.2 Å². The molecule has 0 aromatic heterocycles. The van der Waals surface area contributed by atoms with Crippen molar-refractivity contribution in [1.82, 2.24) is 0 Å². The lowest BCUT2D eigenvalue weighted by molar-refractivity contribution is -0.337. The van der Waals surface area contributed by atoms with E-state index in [4.69, 9.17) is 5.11 Å². The second-order valence-electron chi connectivity index (χ2n) is 4.43. The number of carbonyl (C=O) groups excluding carboxylic acids is 1. The highest BCUT2D eigenvalue weighted by molar-refractivity contribution is 5.87. The van der Waals surface area contributed by atoms with Crippen LogP contribution in [0.2, 0.25) is 0 Å². The van der Waals surface area contributed by atoms with Gasteiger partial charge in [-0.25, -0.2) is 9.18 Å². The summed E-state index contributed by atoms with van der Waals surface area (Å²) in [7, 11) is 0. The lowest BCUT2D eigenvalue weighted by Gasteiger charge is -2.27. The zero-order valence-electron chi connectivity index (χ0n) is 11.1. The van der Waals surface area contributed by atoms with Gasteiger partial charge in [-0.3, -0.25) is 0 Å². The van der Waals surface area contributed by atoms with Crippen molar-refractivity contribution < 1.29 is 49.8 Å². The van der Waals surface area contributed by atoms with E-state index in [1.165, 1.54) is 0 Å². The van der Waals surface area contributed by atoms with Gasteiger partial charge in [0, 0.05) is 5.57 Å². The first-order chi connectivity index (χ1) is 9.60. The molecule has 3 atom stereocenters. The highest BCUT2D eigenvalue weighted by atomic mass is 19.4. The Kier molecular flexibility index (Phi) is 6.37. The van der Waals surface area contributed by atoms with E-state index in [9.17, 15) is 39.9 Å². The van der Waals surface area contributed by atoms with E-state index in [-0.39, 0.29) is 0 Å². The molecule has 0 heterocycles. The summed E-state index contributed by atoms with van der Waals surface area (Å²) < 4.78 is 103. The van der Waals surface area contributed by atoms with Crippen LogP contribution in [0.25, 0.3) is 0 Å². The molecule has 0 amide bonds. The largest absolute Gasteiger partial charge is 0.451 e. The molecule has 0 saturated carbocycles. The summed E-state index contributed by atoms with van der Waals surface area (Å²) in [5, 5.41) is 8.34. The van der Waals surface area contributed by atoms with E-state index < -0.39 is 54.9 Å². The Balaban J connectivity index is 4.92. The van der Waals surface area contributed by atoms with Crippen molar-refractivity contribution in [2.75, 3.05) is 0 Å². The second kappa shape index (κ2) is 6.80. The van der Waals surface area contributed by atoms with Crippen LogP contribution in [0.5, 0.6) is 0 Å². The minimum absolute atomic E-state index is 0.427. The zero-order valence-corrected chi connectivity index (χ0v) is 11.1. The van der Waals surface area contributed by atoms with Crippen LogP contribution in [0.1, 0.15) is 19.8 Å². The maximum atomic E-state index is 13.1. The molecule has 0 aliphatic carbocycles. The Labute approximate surface area is 119 Å². The minimum atomic E-state index is -6.02. The fourth-order valence-corrected chi connectivity index (χ4v) is 1.19. The monoisotopic (exact) mass is 344 g/mol. The third kappa shape index (κ3) is 5.43. The van der Waals surface area contributed by atoms with Gasteiger partial charge < -0.3 is 9.84 Å². The molecule has 3 nitrogen and oxygen atoms in total. The van der Waals surface area contributed by atoms with Crippen molar-refractivity contribution >= 4 is 5.97 Å². The van der Waals surface area contributed by atoms with Gasteiger partial charge in [0.1, 0.15) is 0 Å². The normalized spacial score (nSPS) is 18.3. The maximum Gasteiger partial charge on any atom is 0.451 e. The predicted molar refractivity (Wildman–Crippen MR) is 57.0 cm³/mol. The maximum absolute atomic E-state index is 13.1. The number of rotatable bonds is 6. The number of carbonyl (C=O) groups is 1. The van der Waals surface area contributed by atoms with Gasteiger partial charge in [-0.15, -0.1) is 0 Å². The molecule has 1 N–H and O–H groups in total. The van der Waals surface area contributed by atoms with Crippen molar-refractivity contribution in [2.24, 2.45) is 0 Å². The van der Waals surface area contributed by atoms with Gasteiger partial charge in [-0.1, -0.05) is 6.58 Å². The first-order valence-electron chi connectivity index (χ1n) is 5.66. The lowest BCUT2D eigenvalue weighted by Crippen LogP contribution is -2.49. The van der Waals surface area contributed by atoms with Gasteiger partial charge in [0.05, 0.1) is 0 Å². The number of esters is 1. The topological polar surface area (TPSA) is 46.5 Å². The van der Waals surface area contributed by atoms with Gasteiger partial charge in [0.25, 0.3) is 0 Å². The van der Waals surface area contributed by atoms with Crippen LogP contribution in [0.4, 0.5) is 35.1 Å². The molecule has 0 aromatic carbocycles. The Morgan fingerprint density at radius 3 is 1.91 bits per heavy atom. The fraction of sp³-hybridized carbons (Fsp3) is 0.727. The lowest BCUT2D eigenvalue weighted by atomic mass is 10.0. The Hall–Kier alpha value is -1.39. The summed E-state index contributed by atoms with van der Waals surface area (Å²) in [5.41, 5.74) is -0.427. The molecule has 130 valence electrons. The molecule has 0 radical (unpaired) electrons. The molecule has 0 aliphatic heterocycles. The number of halogens is 8. The van der Waals surface area contributed by atoms with Crippen LogP contribution in [-0.2, 0) is 9.53 Å². The van der Waals surface area contributed by atoms with E-state index in [2.05, 4.69) is 11.3 Å².